The average molecular weight is 366 g/mol. The Hall–Kier alpha value is -3.29. The summed E-state index contributed by atoms with van der Waals surface area (Å²) in [6, 6.07) is 13.5. The summed E-state index contributed by atoms with van der Waals surface area (Å²) < 4.78 is 27.9. The molecule has 0 atom stereocenters. The Bertz CT molecular complexity index is 1170. The highest BCUT2D eigenvalue weighted by molar-refractivity contribution is 6.00. The maximum atomic E-state index is 13.4. The summed E-state index contributed by atoms with van der Waals surface area (Å²) in [6.07, 6.45) is -1.91. The summed E-state index contributed by atoms with van der Waals surface area (Å²) in [5.74, 6) is 0.200. The first-order valence-corrected chi connectivity index (χ1v) is 8.66. The summed E-state index contributed by atoms with van der Waals surface area (Å²) in [6.45, 7) is 1.36. The van der Waals surface area contributed by atoms with E-state index in [1.165, 1.54) is 5.56 Å². The van der Waals surface area contributed by atoms with Crippen LogP contribution in [0.2, 0.25) is 0 Å². The number of nitrogens with two attached hydrogens (primary N) is 1. The molecule has 0 radical (unpaired) electrons. The second-order valence-corrected chi connectivity index (χ2v) is 6.66. The first-order chi connectivity index (χ1) is 13.1. The number of hydrogen-bond donors (Lipinski definition) is 1. The van der Waals surface area contributed by atoms with Gasteiger partial charge in [0.05, 0.1) is 0 Å². The van der Waals surface area contributed by atoms with Crippen molar-refractivity contribution in [3.8, 4) is 0 Å². The minimum atomic E-state index is -2.75. The molecular formula is C19H16F2N6. The molecule has 27 heavy (non-hydrogen) atoms. The number of aromatic nitrogens is 4. The van der Waals surface area contributed by atoms with Crippen molar-refractivity contribution in [2.75, 3.05) is 17.2 Å². The van der Waals surface area contributed by atoms with Crippen molar-refractivity contribution < 1.29 is 8.78 Å². The van der Waals surface area contributed by atoms with E-state index in [1.54, 1.807) is 0 Å². The first kappa shape index (κ1) is 15.9. The molecule has 1 aliphatic rings. The molecule has 3 heterocycles. The van der Waals surface area contributed by atoms with Crippen LogP contribution in [-0.2, 0) is 13.0 Å². The van der Waals surface area contributed by atoms with Crippen molar-refractivity contribution in [3.63, 3.8) is 0 Å². The first-order valence-electron chi connectivity index (χ1n) is 8.66. The number of halogens is 2. The zero-order valence-electron chi connectivity index (χ0n) is 14.3. The predicted molar refractivity (Wildman–Crippen MR) is 98.9 cm³/mol. The largest absolute Gasteiger partial charge is 0.399 e. The van der Waals surface area contributed by atoms with E-state index in [1.807, 2.05) is 42.5 Å². The van der Waals surface area contributed by atoms with Crippen LogP contribution in [0.5, 0.6) is 0 Å². The van der Waals surface area contributed by atoms with E-state index in [0.29, 0.717) is 23.7 Å². The normalized spacial score (nSPS) is 14.3. The van der Waals surface area contributed by atoms with Gasteiger partial charge in [0.2, 0.25) is 5.82 Å². The Morgan fingerprint density at radius 3 is 2.63 bits per heavy atom. The summed E-state index contributed by atoms with van der Waals surface area (Å²) in [4.78, 5) is 2.10. The van der Waals surface area contributed by atoms with E-state index in [-0.39, 0.29) is 0 Å². The number of fused-ring (bicyclic) bond motifs is 4. The van der Waals surface area contributed by atoms with Crippen LogP contribution in [-0.4, -0.2) is 26.4 Å². The fourth-order valence-electron chi connectivity index (χ4n) is 3.71. The average Bonchev–Trinajstić information content (AvgIpc) is 3.11. The van der Waals surface area contributed by atoms with Gasteiger partial charge < -0.3 is 10.6 Å². The van der Waals surface area contributed by atoms with Gasteiger partial charge in [-0.05, 0) is 29.7 Å². The van der Waals surface area contributed by atoms with E-state index in [9.17, 15) is 8.78 Å². The third kappa shape index (κ3) is 2.48. The molecule has 0 saturated heterocycles. The zero-order valence-corrected chi connectivity index (χ0v) is 14.3. The molecule has 0 fully saturated rings. The van der Waals surface area contributed by atoms with E-state index in [2.05, 4.69) is 20.2 Å². The van der Waals surface area contributed by atoms with Crippen molar-refractivity contribution >= 4 is 27.9 Å². The van der Waals surface area contributed by atoms with Gasteiger partial charge in [-0.2, -0.15) is 4.52 Å². The number of alkyl halides is 2. The standard InChI is InChI=1S/C19H16F2N6/c20-16(21)19-24-23-17-14-3-1-2-4-15(14)18(25-27(17)19)26-8-7-11-5-6-13(22)9-12(11)10-26/h1-6,9,16H,7-8,10,22H2. The van der Waals surface area contributed by atoms with Gasteiger partial charge in [0.25, 0.3) is 6.43 Å². The molecule has 0 spiro atoms. The number of nitrogen functional groups attached to an aromatic ring is 1. The molecule has 0 unspecified atom stereocenters. The highest BCUT2D eigenvalue weighted by Gasteiger charge is 2.24. The molecule has 6 nitrogen and oxygen atoms in total. The van der Waals surface area contributed by atoms with Gasteiger partial charge in [0.15, 0.2) is 11.5 Å². The molecule has 0 bridgehead atoms. The maximum absolute atomic E-state index is 13.4. The number of hydrogen-bond acceptors (Lipinski definition) is 5. The Morgan fingerprint density at radius 1 is 1.00 bits per heavy atom. The quantitative estimate of drug-likeness (QED) is 0.551. The zero-order chi connectivity index (χ0) is 18.5. The molecule has 0 saturated carbocycles. The van der Waals surface area contributed by atoms with Crippen molar-refractivity contribution in [2.45, 2.75) is 19.4 Å². The lowest BCUT2D eigenvalue weighted by molar-refractivity contribution is 0.137. The van der Waals surface area contributed by atoms with Gasteiger partial charge in [0.1, 0.15) is 0 Å². The summed E-state index contributed by atoms with van der Waals surface area (Å²) in [5.41, 5.74) is 9.36. The van der Waals surface area contributed by atoms with Crippen LogP contribution in [0.4, 0.5) is 20.3 Å². The number of rotatable bonds is 2. The lowest BCUT2D eigenvalue weighted by atomic mass is 9.99. The second-order valence-electron chi connectivity index (χ2n) is 6.66. The molecule has 0 aliphatic carbocycles. The van der Waals surface area contributed by atoms with Crippen molar-refractivity contribution in [2.24, 2.45) is 0 Å². The van der Waals surface area contributed by atoms with Crippen LogP contribution in [0, 0.1) is 0 Å². The molecule has 2 N–H and O–H groups in total. The van der Waals surface area contributed by atoms with Crippen molar-refractivity contribution in [1.82, 2.24) is 19.8 Å². The SMILES string of the molecule is Nc1ccc2c(c1)CN(c1nn3c(C(F)F)nnc3c3ccccc13)CC2. The Kier molecular flexibility index (Phi) is 3.46. The Morgan fingerprint density at radius 2 is 1.81 bits per heavy atom. The van der Waals surface area contributed by atoms with E-state index >= 15 is 0 Å². The van der Waals surface area contributed by atoms with Gasteiger partial charge in [-0.1, -0.05) is 30.3 Å². The van der Waals surface area contributed by atoms with Crippen LogP contribution < -0.4 is 10.6 Å². The van der Waals surface area contributed by atoms with E-state index in [0.717, 1.165) is 33.8 Å². The van der Waals surface area contributed by atoms with Crippen LogP contribution in [0.3, 0.4) is 0 Å². The number of benzene rings is 2. The second kappa shape index (κ2) is 5.87. The maximum Gasteiger partial charge on any atom is 0.299 e. The molecule has 4 aromatic rings. The van der Waals surface area contributed by atoms with Gasteiger partial charge in [-0.15, -0.1) is 15.3 Å². The predicted octanol–water partition coefficient (Wildman–Crippen LogP) is 3.36. The monoisotopic (exact) mass is 366 g/mol. The number of nitrogens with zero attached hydrogens (tertiary/aromatic N) is 5. The molecule has 8 heteroatoms. The van der Waals surface area contributed by atoms with Gasteiger partial charge in [-0.25, -0.2) is 8.78 Å². The molecule has 1 aliphatic heterocycles. The van der Waals surface area contributed by atoms with Crippen LogP contribution in [0.25, 0.3) is 16.4 Å². The van der Waals surface area contributed by atoms with Gasteiger partial charge in [0, 0.05) is 29.5 Å². The summed E-state index contributed by atoms with van der Waals surface area (Å²) in [7, 11) is 0. The fourth-order valence-corrected chi connectivity index (χ4v) is 3.71. The Balaban J connectivity index is 1.71. The smallest absolute Gasteiger partial charge is 0.299 e. The topological polar surface area (TPSA) is 72.3 Å². The minimum absolute atomic E-state index is 0.339. The molecule has 2 aromatic carbocycles. The van der Waals surface area contributed by atoms with E-state index < -0.39 is 12.2 Å². The van der Waals surface area contributed by atoms with Crippen molar-refractivity contribution in [1.29, 1.82) is 0 Å². The highest BCUT2D eigenvalue weighted by atomic mass is 19.3. The summed E-state index contributed by atoms with van der Waals surface area (Å²) in [5, 5.41) is 13.7. The molecular weight excluding hydrogens is 350 g/mol. The van der Waals surface area contributed by atoms with Crippen LogP contribution in [0.15, 0.2) is 42.5 Å². The molecule has 5 rings (SSSR count). The fraction of sp³-hybridized carbons (Fsp3) is 0.211. The third-order valence-electron chi connectivity index (χ3n) is 5.01. The van der Waals surface area contributed by atoms with Crippen molar-refractivity contribution in [3.05, 3.63) is 59.4 Å². The minimum Gasteiger partial charge on any atom is -0.399 e. The lowest BCUT2D eigenvalue weighted by Crippen LogP contribution is -2.31. The lowest BCUT2D eigenvalue weighted by Gasteiger charge is -2.30. The summed E-state index contributed by atoms with van der Waals surface area (Å²) >= 11 is 0. The third-order valence-corrected chi connectivity index (χ3v) is 5.01. The van der Waals surface area contributed by atoms with Crippen LogP contribution >= 0.6 is 0 Å². The van der Waals surface area contributed by atoms with Gasteiger partial charge in [-0.3, -0.25) is 0 Å². The van der Waals surface area contributed by atoms with E-state index in [4.69, 9.17) is 5.73 Å². The van der Waals surface area contributed by atoms with Crippen LogP contribution in [0.1, 0.15) is 23.4 Å². The Labute approximate surface area is 153 Å². The molecule has 2 aromatic heterocycles. The number of anilines is 2. The van der Waals surface area contributed by atoms with Gasteiger partial charge >= 0.3 is 0 Å². The molecule has 136 valence electrons. The molecule has 0 amide bonds. The highest BCUT2D eigenvalue weighted by Crippen LogP contribution is 2.32.